The van der Waals surface area contributed by atoms with Crippen molar-refractivity contribution in [3.63, 3.8) is 0 Å². The Hall–Kier alpha value is -3.46. The van der Waals surface area contributed by atoms with Crippen molar-refractivity contribution in [2.75, 3.05) is 13.4 Å². The van der Waals surface area contributed by atoms with Crippen molar-refractivity contribution in [2.24, 2.45) is 10.7 Å². The highest BCUT2D eigenvalue weighted by atomic mass is 32.2. The number of carbonyl (C=O) groups excluding carboxylic acids is 2. The molecular formula is C19H15N3O5S. The number of amides is 2. The van der Waals surface area contributed by atoms with Crippen LogP contribution in [0, 0.1) is 0 Å². The van der Waals surface area contributed by atoms with E-state index in [1.165, 1.54) is 0 Å². The molecule has 0 atom stereocenters. The Morgan fingerprint density at radius 2 is 2.11 bits per heavy atom. The summed E-state index contributed by atoms with van der Waals surface area (Å²) < 4.78 is 16.0. The fourth-order valence-electron chi connectivity index (χ4n) is 2.60. The molecule has 2 heterocycles. The first-order valence-electron chi connectivity index (χ1n) is 8.27. The maximum atomic E-state index is 11.9. The van der Waals surface area contributed by atoms with Gasteiger partial charge in [0, 0.05) is 6.07 Å². The van der Waals surface area contributed by atoms with Crippen molar-refractivity contribution < 1.29 is 23.8 Å². The lowest BCUT2D eigenvalue weighted by atomic mass is 10.2. The highest BCUT2D eigenvalue weighted by Gasteiger charge is 2.24. The first kappa shape index (κ1) is 17.9. The third-order valence-corrected chi connectivity index (χ3v) is 4.61. The van der Waals surface area contributed by atoms with Crippen molar-refractivity contribution >= 4 is 40.5 Å². The minimum atomic E-state index is -0.553. The van der Waals surface area contributed by atoms with E-state index in [0.717, 1.165) is 17.3 Å². The standard InChI is InChI=1S/C19H15N3O5S/c20-17(23)9-25-13-3-1-2-11(6-13)7-16-18(22-19(24)28-16)21-12-4-5-14-15(8-12)27-10-26-14/h1-8H,9-10H2,(H2,20,23)(H,21,22,24)/b16-7-. The van der Waals surface area contributed by atoms with Gasteiger partial charge in [0.25, 0.3) is 11.1 Å². The molecule has 1 fully saturated rings. The van der Waals surface area contributed by atoms with E-state index in [-0.39, 0.29) is 18.6 Å². The monoisotopic (exact) mass is 397 g/mol. The van der Waals surface area contributed by atoms with Crippen molar-refractivity contribution in [3.8, 4) is 17.2 Å². The lowest BCUT2D eigenvalue weighted by Crippen LogP contribution is -2.20. The summed E-state index contributed by atoms with van der Waals surface area (Å²) in [4.78, 5) is 27.9. The maximum absolute atomic E-state index is 11.9. The van der Waals surface area contributed by atoms with E-state index in [1.807, 2.05) is 12.1 Å². The number of aliphatic imine (C=N–C) groups is 1. The van der Waals surface area contributed by atoms with E-state index in [0.29, 0.717) is 33.7 Å². The van der Waals surface area contributed by atoms with Crippen LogP contribution in [0.2, 0.25) is 0 Å². The molecule has 1 saturated heterocycles. The van der Waals surface area contributed by atoms with Crippen molar-refractivity contribution in [3.05, 3.63) is 52.9 Å². The fourth-order valence-corrected chi connectivity index (χ4v) is 3.33. The molecule has 3 N–H and O–H groups in total. The van der Waals surface area contributed by atoms with Crippen molar-refractivity contribution in [1.29, 1.82) is 0 Å². The Balaban J connectivity index is 1.60. The van der Waals surface area contributed by atoms with E-state index < -0.39 is 5.91 Å². The molecule has 0 aliphatic carbocycles. The zero-order valence-electron chi connectivity index (χ0n) is 14.5. The lowest BCUT2D eigenvalue weighted by molar-refractivity contribution is -0.119. The Morgan fingerprint density at radius 3 is 2.96 bits per heavy atom. The van der Waals surface area contributed by atoms with Crippen LogP contribution >= 0.6 is 11.8 Å². The summed E-state index contributed by atoms with van der Waals surface area (Å²) in [7, 11) is 0. The SMILES string of the molecule is NC(=O)COc1cccc(/C=C2\SC(=O)NC2=Nc2ccc3c(c2)OCO3)c1. The average Bonchev–Trinajstić information content (AvgIpc) is 3.26. The number of nitrogens with one attached hydrogen (secondary N) is 1. The van der Waals surface area contributed by atoms with Gasteiger partial charge in [0.1, 0.15) is 11.6 Å². The van der Waals surface area contributed by atoms with Gasteiger partial charge in [0.05, 0.1) is 10.6 Å². The molecule has 2 aliphatic rings. The Labute approximate surface area is 164 Å². The summed E-state index contributed by atoms with van der Waals surface area (Å²) in [6.45, 7) is -0.0209. The van der Waals surface area contributed by atoms with Crippen LogP contribution in [-0.2, 0) is 4.79 Å². The van der Waals surface area contributed by atoms with E-state index in [2.05, 4.69) is 10.3 Å². The summed E-state index contributed by atoms with van der Waals surface area (Å²) >= 11 is 1.05. The number of rotatable bonds is 5. The second kappa shape index (κ2) is 7.65. The number of benzene rings is 2. The van der Waals surface area contributed by atoms with Crippen LogP contribution in [0.1, 0.15) is 5.56 Å². The fraction of sp³-hybridized carbons (Fsp3) is 0.105. The molecule has 28 heavy (non-hydrogen) atoms. The molecule has 8 nitrogen and oxygen atoms in total. The number of nitrogens with two attached hydrogens (primary N) is 1. The molecule has 2 aromatic carbocycles. The first-order chi connectivity index (χ1) is 13.6. The number of ether oxygens (including phenoxy) is 3. The van der Waals surface area contributed by atoms with Gasteiger partial charge in [-0.05, 0) is 47.7 Å². The number of fused-ring (bicyclic) bond motifs is 1. The van der Waals surface area contributed by atoms with E-state index >= 15 is 0 Å². The van der Waals surface area contributed by atoms with Gasteiger partial charge in [-0.25, -0.2) is 4.99 Å². The molecule has 4 rings (SSSR count). The van der Waals surface area contributed by atoms with E-state index in [9.17, 15) is 9.59 Å². The summed E-state index contributed by atoms with van der Waals surface area (Å²) in [6.07, 6.45) is 1.81. The summed E-state index contributed by atoms with van der Waals surface area (Å²) in [5.74, 6) is 1.67. The number of carbonyl (C=O) groups is 2. The van der Waals surface area contributed by atoms with Crippen molar-refractivity contribution in [1.82, 2.24) is 5.32 Å². The number of hydrogen-bond donors (Lipinski definition) is 2. The quantitative estimate of drug-likeness (QED) is 0.802. The predicted molar refractivity (Wildman–Crippen MR) is 105 cm³/mol. The number of primary amides is 1. The number of nitrogens with zero attached hydrogens (tertiary/aromatic N) is 1. The highest BCUT2D eigenvalue weighted by Crippen LogP contribution is 2.36. The second-order valence-electron chi connectivity index (χ2n) is 5.85. The van der Waals surface area contributed by atoms with Gasteiger partial charge in [-0.1, -0.05) is 12.1 Å². The molecule has 2 aliphatic heterocycles. The highest BCUT2D eigenvalue weighted by molar-refractivity contribution is 8.18. The Morgan fingerprint density at radius 1 is 1.25 bits per heavy atom. The van der Waals surface area contributed by atoms with Crippen LogP contribution in [0.4, 0.5) is 10.5 Å². The lowest BCUT2D eigenvalue weighted by Gasteiger charge is -2.05. The summed E-state index contributed by atoms with van der Waals surface area (Å²) in [5.41, 5.74) is 6.52. The van der Waals surface area contributed by atoms with Gasteiger partial charge in [-0.2, -0.15) is 0 Å². The number of amidine groups is 1. The van der Waals surface area contributed by atoms with Gasteiger partial charge in [0.15, 0.2) is 18.1 Å². The van der Waals surface area contributed by atoms with Crippen LogP contribution in [0.25, 0.3) is 6.08 Å². The first-order valence-corrected chi connectivity index (χ1v) is 9.09. The van der Waals surface area contributed by atoms with Crippen LogP contribution in [0.15, 0.2) is 52.4 Å². The number of hydrogen-bond acceptors (Lipinski definition) is 7. The van der Waals surface area contributed by atoms with Crippen LogP contribution in [-0.4, -0.2) is 30.4 Å². The van der Waals surface area contributed by atoms with Gasteiger partial charge in [-0.15, -0.1) is 0 Å². The van der Waals surface area contributed by atoms with Gasteiger partial charge in [0.2, 0.25) is 6.79 Å². The molecule has 0 radical (unpaired) electrons. The molecular weight excluding hydrogens is 382 g/mol. The minimum absolute atomic E-state index is 0.182. The number of thioether (sulfide) groups is 1. The van der Waals surface area contributed by atoms with Crippen LogP contribution in [0.3, 0.4) is 0 Å². The molecule has 142 valence electrons. The second-order valence-corrected chi connectivity index (χ2v) is 6.86. The van der Waals surface area contributed by atoms with E-state index in [1.54, 1.807) is 36.4 Å². The summed E-state index contributed by atoms with van der Waals surface area (Å²) in [5, 5.41) is 2.52. The molecule has 2 aromatic rings. The van der Waals surface area contributed by atoms with Crippen LogP contribution in [0.5, 0.6) is 17.2 Å². The molecule has 0 spiro atoms. The van der Waals surface area contributed by atoms with E-state index in [4.69, 9.17) is 19.9 Å². The smallest absolute Gasteiger partial charge is 0.289 e. The third-order valence-electron chi connectivity index (χ3n) is 3.79. The topological polar surface area (TPSA) is 112 Å². The van der Waals surface area contributed by atoms with Gasteiger partial charge < -0.3 is 25.3 Å². The predicted octanol–water partition coefficient (Wildman–Crippen LogP) is 2.81. The van der Waals surface area contributed by atoms with Gasteiger partial charge in [-0.3, -0.25) is 9.59 Å². The zero-order valence-corrected chi connectivity index (χ0v) is 15.3. The largest absolute Gasteiger partial charge is 0.484 e. The van der Waals surface area contributed by atoms with Crippen LogP contribution < -0.4 is 25.3 Å². The molecule has 0 aromatic heterocycles. The van der Waals surface area contributed by atoms with Gasteiger partial charge >= 0.3 is 0 Å². The summed E-state index contributed by atoms with van der Waals surface area (Å²) in [6, 6.07) is 12.4. The zero-order chi connectivity index (χ0) is 19.5. The van der Waals surface area contributed by atoms with Crippen molar-refractivity contribution in [2.45, 2.75) is 0 Å². The normalized spacial score (nSPS) is 17.8. The Bertz CT molecular complexity index is 1020. The maximum Gasteiger partial charge on any atom is 0.289 e. The molecule has 0 bridgehead atoms. The Kier molecular flexibility index (Phi) is 4.90. The average molecular weight is 397 g/mol. The third kappa shape index (κ3) is 4.09. The minimum Gasteiger partial charge on any atom is -0.484 e. The molecule has 2 amide bonds. The molecule has 0 unspecified atom stereocenters. The molecule has 0 saturated carbocycles. The molecule has 9 heteroatoms.